The third-order valence-corrected chi connectivity index (χ3v) is 4.19. The van der Waals surface area contributed by atoms with Crippen molar-refractivity contribution in [2.45, 2.75) is 33.3 Å². The van der Waals surface area contributed by atoms with E-state index in [-0.39, 0.29) is 18.1 Å². The summed E-state index contributed by atoms with van der Waals surface area (Å²) in [6, 6.07) is 3.49. The molecule has 1 aromatic heterocycles. The van der Waals surface area contributed by atoms with Crippen molar-refractivity contribution in [1.29, 1.82) is 0 Å². The highest BCUT2D eigenvalue weighted by atomic mass is 79.9. The SMILES string of the molecule is COc1cc(/C=N\NC(=O)Cc2c(C)[nH]c(=O)[nH]c2=O)cc(Br)c1OC(C)C. The van der Waals surface area contributed by atoms with Crippen LogP contribution in [-0.4, -0.2) is 35.3 Å². The number of aromatic amines is 2. The second kappa shape index (κ2) is 9.36. The molecule has 0 unspecified atom stereocenters. The van der Waals surface area contributed by atoms with Gasteiger partial charge in [0.15, 0.2) is 11.5 Å². The van der Waals surface area contributed by atoms with E-state index < -0.39 is 17.2 Å². The summed E-state index contributed by atoms with van der Waals surface area (Å²) in [5.74, 6) is 0.598. The van der Waals surface area contributed by atoms with E-state index in [0.717, 1.165) is 0 Å². The normalized spacial score (nSPS) is 11.1. The lowest BCUT2D eigenvalue weighted by atomic mass is 10.1. The van der Waals surface area contributed by atoms with Crippen LogP contribution in [-0.2, 0) is 11.2 Å². The van der Waals surface area contributed by atoms with E-state index in [9.17, 15) is 14.4 Å². The molecule has 28 heavy (non-hydrogen) atoms. The summed E-state index contributed by atoms with van der Waals surface area (Å²) < 4.78 is 11.7. The Kier molecular flexibility index (Phi) is 7.16. The molecule has 0 aliphatic heterocycles. The first-order valence-corrected chi connectivity index (χ1v) is 9.18. The Bertz CT molecular complexity index is 1010. The minimum Gasteiger partial charge on any atom is -0.493 e. The Morgan fingerprint density at radius 1 is 1.32 bits per heavy atom. The number of halogens is 1. The van der Waals surface area contributed by atoms with E-state index in [4.69, 9.17) is 9.47 Å². The fourth-order valence-electron chi connectivity index (χ4n) is 2.38. The number of aryl methyl sites for hydroxylation is 1. The van der Waals surface area contributed by atoms with Gasteiger partial charge in [0.2, 0.25) is 5.91 Å². The molecule has 2 aromatic rings. The Labute approximate surface area is 169 Å². The zero-order valence-corrected chi connectivity index (χ0v) is 17.5. The molecule has 1 aromatic carbocycles. The molecule has 0 spiro atoms. The summed E-state index contributed by atoms with van der Waals surface area (Å²) >= 11 is 3.43. The Morgan fingerprint density at radius 3 is 2.64 bits per heavy atom. The number of benzene rings is 1. The summed E-state index contributed by atoms with van der Waals surface area (Å²) in [6.07, 6.45) is 1.20. The van der Waals surface area contributed by atoms with Crippen molar-refractivity contribution in [3.63, 3.8) is 0 Å². The van der Waals surface area contributed by atoms with Gasteiger partial charge in [0.05, 0.1) is 30.3 Å². The number of amides is 1. The first kappa shape index (κ1) is 21.4. The average molecular weight is 453 g/mol. The van der Waals surface area contributed by atoms with Gasteiger partial charge in [0, 0.05) is 11.3 Å². The van der Waals surface area contributed by atoms with Gasteiger partial charge in [-0.2, -0.15) is 5.10 Å². The fourth-order valence-corrected chi connectivity index (χ4v) is 2.94. The number of hydrazone groups is 1. The van der Waals surface area contributed by atoms with Crippen molar-refractivity contribution in [3.05, 3.63) is 54.3 Å². The summed E-state index contributed by atoms with van der Waals surface area (Å²) in [7, 11) is 1.53. The number of ether oxygens (including phenoxy) is 2. The number of aromatic nitrogens is 2. The maximum absolute atomic E-state index is 12.0. The molecule has 0 aliphatic carbocycles. The maximum Gasteiger partial charge on any atom is 0.325 e. The molecule has 10 heteroatoms. The number of nitrogens with one attached hydrogen (secondary N) is 3. The number of methoxy groups -OCH3 is 1. The topological polar surface area (TPSA) is 126 Å². The van der Waals surface area contributed by atoms with Gasteiger partial charge in [-0.3, -0.25) is 14.6 Å². The van der Waals surface area contributed by atoms with Crippen LogP contribution in [0.3, 0.4) is 0 Å². The molecule has 0 fully saturated rings. The summed E-state index contributed by atoms with van der Waals surface area (Å²) in [6.45, 7) is 5.37. The van der Waals surface area contributed by atoms with E-state index >= 15 is 0 Å². The van der Waals surface area contributed by atoms with Crippen LogP contribution in [0, 0.1) is 6.92 Å². The monoisotopic (exact) mass is 452 g/mol. The predicted octanol–water partition coefficient (Wildman–Crippen LogP) is 1.62. The van der Waals surface area contributed by atoms with Crippen LogP contribution >= 0.6 is 15.9 Å². The standard InChI is InChI=1S/C18H21BrN4O5/c1-9(2)28-16-13(19)5-11(6-14(16)27-4)8-20-23-15(24)7-12-10(3)21-18(26)22-17(12)25/h5-6,8-9H,7H2,1-4H3,(H,23,24)(H2,21,22,25,26)/b20-8-. The molecule has 2 rings (SSSR count). The molecular weight excluding hydrogens is 432 g/mol. The molecule has 0 saturated carbocycles. The van der Waals surface area contributed by atoms with Crippen molar-refractivity contribution in [2.24, 2.45) is 5.10 Å². The minimum atomic E-state index is -0.617. The maximum atomic E-state index is 12.0. The van der Waals surface area contributed by atoms with Gasteiger partial charge in [-0.25, -0.2) is 10.2 Å². The van der Waals surface area contributed by atoms with E-state index in [1.165, 1.54) is 13.3 Å². The van der Waals surface area contributed by atoms with Gasteiger partial charge in [-0.05, 0) is 54.4 Å². The first-order chi connectivity index (χ1) is 13.2. The smallest absolute Gasteiger partial charge is 0.325 e. The van der Waals surface area contributed by atoms with Gasteiger partial charge in [0.25, 0.3) is 5.56 Å². The number of hydrogen-bond donors (Lipinski definition) is 3. The molecule has 0 radical (unpaired) electrons. The average Bonchev–Trinajstić information content (AvgIpc) is 2.59. The van der Waals surface area contributed by atoms with Crippen LogP contribution in [0.25, 0.3) is 0 Å². The van der Waals surface area contributed by atoms with Crippen molar-refractivity contribution in [3.8, 4) is 11.5 Å². The first-order valence-electron chi connectivity index (χ1n) is 8.39. The largest absolute Gasteiger partial charge is 0.493 e. The zero-order valence-electron chi connectivity index (χ0n) is 15.9. The second-order valence-electron chi connectivity index (χ2n) is 6.18. The molecule has 0 aliphatic rings. The van der Waals surface area contributed by atoms with Gasteiger partial charge in [-0.1, -0.05) is 0 Å². The molecule has 9 nitrogen and oxygen atoms in total. The highest BCUT2D eigenvalue weighted by Crippen LogP contribution is 2.36. The second-order valence-corrected chi connectivity index (χ2v) is 7.04. The number of rotatable bonds is 7. The number of carbonyl (C=O) groups is 1. The van der Waals surface area contributed by atoms with Crippen LogP contribution in [0.2, 0.25) is 0 Å². The summed E-state index contributed by atoms with van der Waals surface area (Å²) in [4.78, 5) is 39.5. The van der Waals surface area contributed by atoms with Crippen LogP contribution < -0.4 is 26.1 Å². The summed E-state index contributed by atoms with van der Waals surface area (Å²) in [5.41, 5.74) is 2.31. The van der Waals surface area contributed by atoms with Crippen LogP contribution in [0.15, 0.2) is 31.3 Å². The van der Waals surface area contributed by atoms with E-state index in [2.05, 4.69) is 36.4 Å². The van der Waals surface area contributed by atoms with Crippen LogP contribution in [0.1, 0.15) is 30.7 Å². The Morgan fingerprint density at radius 2 is 2.04 bits per heavy atom. The quantitative estimate of drug-likeness (QED) is 0.434. The van der Waals surface area contributed by atoms with Crippen molar-refractivity contribution in [2.75, 3.05) is 7.11 Å². The van der Waals surface area contributed by atoms with Gasteiger partial charge < -0.3 is 14.5 Å². The zero-order chi connectivity index (χ0) is 20.8. The van der Waals surface area contributed by atoms with Crippen molar-refractivity contribution in [1.82, 2.24) is 15.4 Å². The van der Waals surface area contributed by atoms with Crippen molar-refractivity contribution < 1.29 is 14.3 Å². The lowest BCUT2D eigenvalue weighted by Gasteiger charge is -2.15. The fraction of sp³-hybridized carbons (Fsp3) is 0.333. The van der Waals surface area contributed by atoms with Gasteiger partial charge >= 0.3 is 5.69 Å². The highest BCUT2D eigenvalue weighted by Gasteiger charge is 2.13. The van der Waals surface area contributed by atoms with Crippen molar-refractivity contribution >= 4 is 28.1 Å². The number of H-pyrrole nitrogens is 2. The Hall–Kier alpha value is -2.88. The van der Waals surface area contributed by atoms with E-state index in [1.807, 2.05) is 13.8 Å². The third-order valence-electron chi connectivity index (χ3n) is 3.60. The van der Waals surface area contributed by atoms with Gasteiger partial charge in [-0.15, -0.1) is 0 Å². The predicted molar refractivity (Wildman–Crippen MR) is 108 cm³/mol. The molecule has 0 atom stereocenters. The molecule has 1 heterocycles. The number of nitrogens with zero attached hydrogens (tertiary/aromatic N) is 1. The summed E-state index contributed by atoms with van der Waals surface area (Å²) in [5, 5.41) is 3.90. The van der Waals surface area contributed by atoms with Crippen LogP contribution in [0.4, 0.5) is 0 Å². The molecular formula is C18H21BrN4O5. The highest BCUT2D eigenvalue weighted by molar-refractivity contribution is 9.10. The molecule has 150 valence electrons. The Balaban J connectivity index is 2.10. The third kappa shape index (κ3) is 5.56. The van der Waals surface area contributed by atoms with E-state index in [1.54, 1.807) is 19.1 Å². The minimum absolute atomic E-state index is 0.0245. The molecule has 1 amide bonds. The van der Waals surface area contributed by atoms with Crippen LogP contribution in [0.5, 0.6) is 11.5 Å². The number of hydrogen-bond acceptors (Lipinski definition) is 6. The molecule has 3 N–H and O–H groups in total. The lowest BCUT2D eigenvalue weighted by molar-refractivity contribution is -0.120. The van der Waals surface area contributed by atoms with Gasteiger partial charge in [0.1, 0.15) is 0 Å². The molecule has 0 bridgehead atoms. The van der Waals surface area contributed by atoms with E-state index in [0.29, 0.717) is 27.2 Å². The number of carbonyl (C=O) groups excluding carboxylic acids is 1. The molecule has 0 saturated heterocycles. The lowest BCUT2D eigenvalue weighted by Crippen LogP contribution is -2.30.